The summed E-state index contributed by atoms with van der Waals surface area (Å²) in [5, 5.41) is 0. The predicted molar refractivity (Wildman–Crippen MR) is 96.8 cm³/mol. The van der Waals surface area contributed by atoms with Crippen LogP contribution in [0.5, 0.6) is 0 Å². The SMILES string of the molecule is CC(N)C(c1ccc(Br)s1)N1CCCC(C(C)(C)C)CC1. The molecule has 0 aliphatic carbocycles. The van der Waals surface area contributed by atoms with Crippen molar-refractivity contribution in [3.63, 3.8) is 0 Å². The van der Waals surface area contributed by atoms with Gasteiger partial charge in [0.2, 0.25) is 0 Å². The standard InChI is InChI=1S/C17H29BrN2S/c1-12(19)16(14-7-8-15(18)21-14)20-10-5-6-13(9-11-20)17(2,3)4/h7-8,12-13,16H,5-6,9-11,19H2,1-4H3. The molecule has 2 rings (SSSR count). The maximum atomic E-state index is 6.33. The highest BCUT2D eigenvalue weighted by Crippen LogP contribution is 2.38. The summed E-state index contributed by atoms with van der Waals surface area (Å²) >= 11 is 5.41. The molecule has 1 aliphatic rings. The van der Waals surface area contributed by atoms with Crippen LogP contribution < -0.4 is 5.73 Å². The molecule has 1 aromatic heterocycles. The van der Waals surface area contributed by atoms with Crippen LogP contribution in [0.4, 0.5) is 0 Å². The van der Waals surface area contributed by atoms with Gasteiger partial charge in [0, 0.05) is 10.9 Å². The van der Waals surface area contributed by atoms with Crippen LogP contribution in [0.15, 0.2) is 15.9 Å². The number of thiophene rings is 1. The topological polar surface area (TPSA) is 29.3 Å². The first-order valence-electron chi connectivity index (χ1n) is 8.04. The van der Waals surface area contributed by atoms with Gasteiger partial charge in [-0.25, -0.2) is 0 Å². The lowest BCUT2D eigenvalue weighted by atomic mass is 9.77. The van der Waals surface area contributed by atoms with E-state index in [4.69, 9.17) is 5.73 Å². The van der Waals surface area contributed by atoms with Gasteiger partial charge in [-0.05, 0) is 78.7 Å². The monoisotopic (exact) mass is 372 g/mol. The Kier molecular flexibility index (Phi) is 5.91. The van der Waals surface area contributed by atoms with Gasteiger partial charge in [-0.1, -0.05) is 20.8 Å². The van der Waals surface area contributed by atoms with Crippen molar-refractivity contribution in [2.24, 2.45) is 17.1 Å². The minimum atomic E-state index is 0.168. The van der Waals surface area contributed by atoms with E-state index in [-0.39, 0.29) is 6.04 Å². The minimum absolute atomic E-state index is 0.168. The molecule has 0 amide bonds. The van der Waals surface area contributed by atoms with E-state index in [1.807, 2.05) is 11.3 Å². The van der Waals surface area contributed by atoms with Crippen LogP contribution in [0.25, 0.3) is 0 Å². The van der Waals surface area contributed by atoms with Crippen LogP contribution in [0, 0.1) is 11.3 Å². The molecule has 3 unspecified atom stereocenters. The maximum absolute atomic E-state index is 6.33. The lowest BCUT2D eigenvalue weighted by Gasteiger charge is -2.33. The molecule has 1 aliphatic heterocycles. The zero-order valence-electron chi connectivity index (χ0n) is 13.7. The Balaban J connectivity index is 2.11. The number of likely N-dealkylation sites (tertiary alicyclic amines) is 1. The second-order valence-corrected chi connectivity index (χ2v) is 9.97. The fourth-order valence-corrected chi connectivity index (χ4v) is 5.20. The van der Waals surface area contributed by atoms with E-state index in [1.54, 1.807) is 0 Å². The molecule has 2 heterocycles. The first-order valence-corrected chi connectivity index (χ1v) is 9.65. The molecule has 0 bridgehead atoms. The Morgan fingerprint density at radius 1 is 1.29 bits per heavy atom. The highest BCUT2D eigenvalue weighted by Gasteiger charge is 2.31. The Hall–Kier alpha value is 0.1000. The van der Waals surface area contributed by atoms with Crippen LogP contribution in [0.3, 0.4) is 0 Å². The van der Waals surface area contributed by atoms with Crippen molar-refractivity contribution in [3.05, 3.63) is 20.8 Å². The summed E-state index contributed by atoms with van der Waals surface area (Å²) < 4.78 is 1.20. The van der Waals surface area contributed by atoms with E-state index in [9.17, 15) is 0 Å². The normalized spacial score (nSPS) is 24.6. The van der Waals surface area contributed by atoms with E-state index in [2.05, 4.69) is 60.7 Å². The van der Waals surface area contributed by atoms with Gasteiger partial charge in [-0.3, -0.25) is 4.90 Å². The summed E-state index contributed by atoms with van der Waals surface area (Å²) in [7, 11) is 0. The zero-order chi connectivity index (χ0) is 15.6. The molecule has 1 saturated heterocycles. The molecule has 1 fully saturated rings. The van der Waals surface area contributed by atoms with E-state index in [0.717, 1.165) is 5.92 Å². The predicted octanol–water partition coefficient (Wildman–Crippen LogP) is 5.05. The van der Waals surface area contributed by atoms with E-state index in [1.165, 1.54) is 41.0 Å². The van der Waals surface area contributed by atoms with Crippen molar-refractivity contribution < 1.29 is 0 Å². The van der Waals surface area contributed by atoms with Crippen molar-refractivity contribution >= 4 is 27.3 Å². The smallest absolute Gasteiger partial charge is 0.0702 e. The van der Waals surface area contributed by atoms with Crippen LogP contribution in [0.2, 0.25) is 0 Å². The molecule has 2 N–H and O–H groups in total. The first-order chi connectivity index (χ1) is 9.79. The third kappa shape index (κ3) is 4.54. The van der Waals surface area contributed by atoms with Gasteiger partial charge in [-0.15, -0.1) is 11.3 Å². The highest BCUT2D eigenvalue weighted by atomic mass is 79.9. The summed E-state index contributed by atoms with van der Waals surface area (Å²) in [5.74, 6) is 0.825. The number of hydrogen-bond donors (Lipinski definition) is 1. The third-order valence-corrected chi connectivity index (χ3v) is 6.46. The summed E-state index contributed by atoms with van der Waals surface area (Å²) in [6, 6.07) is 4.90. The molecule has 4 heteroatoms. The quantitative estimate of drug-likeness (QED) is 0.804. The van der Waals surface area contributed by atoms with Gasteiger partial charge in [0.15, 0.2) is 0 Å². The summed E-state index contributed by atoms with van der Waals surface area (Å²) in [5.41, 5.74) is 6.75. The lowest BCUT2D eigenvalue weighted by molar-refractivity contribution is 0.170. The second kappa shape index (κ2) is 7.12. The fraction of sp³-hybridized carbons (Fsp3) is 0.765. The zero-order valence-corrected chi connectivity index (χ0v) is 16.1. The molecule has 0 radical (unpaired) electrons. The van der Waals surface area contributed by atoms with Crippen molar-refractivity contribution in [2.45, 2.75) is 59.0 Å². The van der Waals surface area contributed by atoms with Crippen LogP contribution in [-0.2, 0) is 0 Å². The lowest BCUT2D eigenvalue weighted by Crippen LogP contribution is -2.39. The Morgan fingerprint density at radius 2 is 2.00 bits per heavy atom. The van der Waals surface area contributed by atoms with E-state index in [0.29, 0.717) is 11.5 Å². The van der Waals surface area contributed by atoms with Gasteiger partial charge >= 0.3 is 0 Å². The Morgan fingerprint density at radius 3 is 2.52 bits per heavy atom. The Bertz CT molecular complexity index is 450. The summed E-state index contributed by atoms with van der Waals surface area (Å²) in [4.78, 5) is 4.01. The molecule has 3 atom stereocenters. The molecule has 1 aromatic rings. The van der Waals surface area contributed by atoms with Crippen molar-refractivity contribution in [3.8, 4) is 0 Å². The van der Waals surface area contributed by atoms with Gasteiger partial charge in [0.1, 0.15) is 0 Å². The fourth-order valence-electron chi connectivity index (χ4n) is 3.52. The van der Waals surface area contributed by atoms with E-state index < -0.39 is 0 Å². The molecule has 0 aromatic carbocycles. The van der Waals surface area contributed by atoms with E-state index >= 15 is 0 Å². The number of rotatable bonds is 3. The molecule has 120 valence electrons. The van der Waals surface area contributed by atoms with Gasteiger partial charge in [0.25, 0.3) is 0 Å². The number of halogens is 1. The average molecular weight is 373 g/mol. The van der Waals surface area contributed by atoms with Gasteiger partial charge in [0.05, 0.1) is 9.83 Å². The molecule has 0 spiro atoms. The van der Waals surface area contributed by atoms with Crippen molar-refractivity contribution in [1.29, 1.82) is 0 Å². The number of hydrogen-bond acceptors (Lipinski definition) is 3. The number of nitrogens with two attached hydrogens (primary N) is 1. The maximum Gasteiger partial charge on any atom is 0.0702 e. The summed E-state index contributed by atoms with van der Waals surface area (Å²) in [6.45, 7) is 11.6. The molecule has 21 heavy (non-hydrogen) atoms. The average Bonchev–Trinajstić information content (AvgIpc) is 2.62. The summed E-state index contributed by atoms with van der Waals surface area (Å²) in [6.07, 6.45) is 3.93. The highest BCUT2D eigenvalue weighted by molar-refractivity contribution is 9.11. The van der Waals surface area contributed by atoms with Crippen molar-refractivity contribution in [1.82, 2.24) is 4.90 Å². The third-order valence-electron chi connectivity index (χ3n) is 4.76. The minimum Gasteiger partial charge on any atom is -0.326 e. The van der Waals surface area contributed by atoms with Crippen LogP contribution in [0.1, 0.15) is 57.9 Å². The first kappa shape index (κ1) is 17.5. The molecular weight excluding hydrogens is 344 g/mol. The molecule has 2 nitrogen and oxygen atoms in total. The van der Waals surface area contributed by atoms with Crippen molar-refractivity contribution in [2.75, 3.05) is 13.1 Å². The van der Waals surface area contributed by atoms with Gasteiger partial charge < -0.3 is 5.73 Å². The second-order valence-electron chi connectivity index (χ2n) is 7.48. The Labute approximate surface area is 142 Å². The molecular formula is C17H29BrN2S. The number of nitrogens with zero attached hydrogens (tertiary/aromatic N) is 1. The van der Waals surface area contributed by atoms with Crippen LogP contribution >= 0.6 is 27.3 Å². The van der Waals surface area contributed by atoms with Crippen LogP contribution in [-0.4, -0.2) is 24.0 Å². The largest absolute Gasteiger partial charge is 0.326 e. The van der Waals surface area contributed by atoms with Gasteiger partial charge in [-0.2, -0.15) is 0 Å². The molecule has 0 saturated carbocycles.